The van der Waals surface area contributed by atoms with Gasteiger partial charge in [0, 0.05) is 0 Å². The summed E-state index contributed by atoms with van der Waals surface area (Å²) >= 11 is 1.34. The Kier molecular flexibility index (Phi) is 9.18. The molecule has 0 radical (unpaired) electrons. The topological polar surface area (TPSA) is 69.9 Å². The van der Waals surface area contributed by atoms with Crippen LogP contribution >= 0.6 is 11.3 Å². The van der Waals surface area contributed by atoms with Crippen LogP contribution in [0.3, 0.4) is 0 Å². The first kappa shape index (κ1) is 29.3. The molecule has 0 aliphatic carbocycles. The van der Waals surface area contributed by atoms with Crippen molar-refractivity contribution in [3.05, 3.63) is 132 Å². The van der Waals surface area contributed by atoms with Gasteiger partial charge in [0.15, 0.2) is 4.80 Å². The molecule has 3 aromatic carbocycles. The lowest BCUT2D eigenvalue weighted by atomic mass is 9.92. The van der Waals surface area contributed by atoms with Gasteiger partial charge in [0.05, 0.1) is 28.5 Å². The molecule has 1 aliphatic heterocycles. The van der Waals surface area contributed by atoms with E-state index in [1.54, 1.807) is 11.5 Å². The largest absolute Gasteiger partial charge is 0.489 e. The molecule has 0 saturated heterocycles. The van der Waals surface area contributed by atoms with E-state index in [9.17, 15) is 9.59 Å². The number of fused-ring (bicyclic) bond motifs is 1. The molecule has 42 heavy (non-hydrogen) atoms. The number of nitrogens with zero attached hydrogens (tertiary/aromatic N) is 2. The third-order valence-electron chi connectivity index (χ3n) is 7.24. The van der Waals surface area contributed by atoms with E-state index in [1.807, 2.05) is 72.8 Å². The molecule has 0 fully saturated rings. The lowest BCUT2D eigenvalue weighted by molar-refractivity contribution is -0.139. The Morgan fingerprint density at radius 1 is 1.00 bits per heavy atom. The van der Waals surface area contributed by atoms with Crippen molar-refractivity contribution in [2.45, 2.75) is 59.1 Å². The molecule has 5 rings (SSSR count). The number of hydrogen-bond acceptors (Lipinski definition) is 6. The Morgan fingerprint density at radius 3 is 2.36 bits per heavy atom. The fraction of sp³-hybridized carbons (Fsp3) is 0.286. The van der Waals surface area contributed by atoms with Gasteiger partial charge in [0.1, 0.15) is 12.4 Å². The second kappa shape index (κ2) is 13.2. The Morgan fingerprint density at radius 2 is 1.71 bits per heavy atom. The van der Waals surface area contributed by atoms with Gasteiger partial charge in [-0.3, -0.25) is 9.36 Å². The van der Waals surface area contributed by atoms with Crippen molar-refractivity contribution in [1.29, 1.82) is 0 Å². The van der Waals surface area contributed by atoms with Crippen LogP contribution in [0.2, 0.25) is 0 Å². The lowest BCUT2D eigenvalue weighted by Gasteiger charge is -2.26. The summed E-state index contributed by atoms with van der Waals surface area (Å²) < 4.78 is 13.6. The van der Waals surface area contributed by atoms with E-state index < -0.39 is 12.0 Å². The Bertz CT molecular complexity index is 1750. The van der Waals surface area contributed by atoms with Gasteiger partial charge in [-0.05, 0) is 59.7 Å². The molecular formula is C35H36N2O4S. The Hall–Kier alpha value is -4.23. The van der Waals surface area contributed by atoms with Crippen molar-refractivity contribution in [1.82, 2.24) is 4.57 Å². The van der Waals surface area contributed by atoms with Crippen LogP contribution in [0.1, 0.15) is 74.8 Å². The van der Waals surface area contributed by atoms with Crippen LogP contribution in [0.25, 0.3) is 6.08 Å². The molecule has 1 aromatic heterocycles. The first-order valence-corrected chi connectivity index (χ1v) is 15.3. The number of carbonyl (C=O) groups is 1. The fourth-order valence-corrected chi connectivity index (χ4v) is 6.07. The molecule has 0 saturated carbocycles. The molecule has 0 unspecified atom stereocenters. The maximum atomic E-state index is 14.0. The summed E-state index contributed by atoms with van der Waals surface area (Å²) in [5.41, 5.74) is 4.97. The van der Waals surface area contributed by atoms with Crippen molar-refractivity contribution < 1.29 is 14.3 Å². The number of aromatic nitrogens is 1. The maximum Gasteiger partial charge on any atom is 0.338 e. The van der Waals surface area contributed by atoms with Crippen molar-refractivity contribution in [3.8, 4) is 5.75 Å². The highest BCUT2D eigenvalue weighted by atomic mass is 32.1. The predicted molar refractivity (Wildman–Crippen MR) is 167 cm³/mol. The number of ether oxygens (including phenoxy) is 2. The average Bonchev–Trinajstić information content (AvgIpc) is 3.31. The fourth-order valence-electron chi connectivity index (χ4n) is 5.05. The molecule has 0 bridgehead atoms. The zero-order chi connectivity index (χ0) is 29.6. The molecular weight excluding hydrogens is 544 g/mol. The molecule has 216 valence electrons. The minimum Gasteiger partial charge on any atom is -0.489 e. The van der Waals surface area contributed by atoms with Crippen molar-refractivity contribution in [2.24, 2.45) is 4.99 Å². The van der Waals surface area contributed by atoms with E-state index in [0.29, 0.717) is 39.5 Å². The molecule has 2 heterocycles. The van der Waals surface area contributed by atoms with Crippen LogP contribution in [-0.2, 0) is 16.1 Å². The van der Waals surface area contributed by atoms with Crippen LogP contribution < -0.4 is 19.6 Å². The summed E-state index contributed by atoms with van der Waals surface area (Å²) in [6.07, 6.45) is 3.30. The van der Waals surface area contributed by atoms with Crippen molar-refractivity contribution in [2.75, 3.05) is 6.61 Å². The summed E-state index contributed by atoms with van der Waals surface area (Å²) in [6.45, 7) is 8.86. The smallest absolute Gasteiger partial charge is 0.338 e. The Balaban J connectivity index is 1.55. The number of carbonyl (C=O) groups excluding carboxylic acids is 1. The van der Waals surface area contributed by atoms with Gasteiger partial charge in [0.2, 0.25) is 0 Å². The van der Waals surface area contributed by atoms with E-state index in [0.717, 1.165) is 28.9 Å². The first-order valence-electron chi connectivity index (χ1n) is 14.5. The number of benzene rings is 3. The number of thiazole rings is 1. The number of rotatable bonds is 10. The van der Waals surface area contributed by atoms with E-state index in [2.05, 4.69) is 32.9 Å². The molecule has 0 amide bonds. The molecule has 1 atom stereocenters. The molecule has 1 aliphatic rings. The van der Waals surface area contributed by atoms with Gasteiger partial charge in [-0.1, -0.05) is 105 Å². The minimum atomic E-state index is -0.612. The summed E-state index contributed by atoms with van der Waals surface area (Å²) in [5.74, 6) is 0.695. The van der Waals surface area contributed by atoms with Gasteiger partial charge in [-0.2, -0.15) is 0 Å². The van der Waals surface area contributed by atoms with Crippen LogP contribution in [0.4, 0.5) is 0 Å². The minimum absolute atomic E-state index is 0.182. The molecule has 6 nitrogen and oxygen atoms in total. The highest BCUT2D eigenvalue weighted by molar-refractivity contribution is 7.07. The van der Waals surface area contributed by atoms with Gasteiger partial charge >= 0.3 is 5.97 Å². The van der Waals surface area contributed by atoms with Gasteiger partial charge in [0.25, 0.3) is 5.56 Å². The van der Waals surface area contributed by atoms with Crippen LogP contribution in [0.15, 0.2) is 99.9 Å². The second-order valence-electron chi connectivity index (χ2n) is 10.6. The van der Waals surface area contributed by atoms with Crippen molar-refractivity contribution >= 4 is 23.4 Å². The zero-order valence-electron chi connectivity index (χ0n) is 24.5. The summed E-state index contributed by atoms with van der Waals surface area (Å²) in [5, 5.41) is 0. The summed E-state index contributed by atoms with van der Waals surface area (Å²) in [4.78, 5) is 32.8. The van der Waals surface area contributed by atoms with Crippen molar-refractivity contribution in [3.63, 3.8) is 0 Å². The highest BCUT2D eigenvalue weighted by Crippen LogP contribution is 2.33. The third kappa shape index (κ3) is 6.31. The molecule has 4 aromatic rings. The monoisotopic (exact) mass is 580 g/mol. The standard InChI is InChI=1S/C35H36N2O4S/c1-5-10-29-31(34(39)40-6-2)32(27-17-15-26(16-18-27)23(3)4)37-33(38)30(42-35(37)36-29)21-24-13-19-28(20-14-24)41-22-25-11-8-7-9-12-25/h7-9,11-21,23,32H,5-6,10,22H2,1-4H3/b30-21-/t32-/m0/s1. The Labute approximate surface area is 250 Å². The van der Waals surface area contributed by atoms with Crippen LogP contribution in [0, 0.1) is 0 Å². The van der Waals surface area contributed by atoms with E-state index in [1.165, 1.54) is 16.9 Å². The predicted octanol–water partition coefficient (Wildman–Crippen LogP) is 6.28. The van der Waals surface area contributed by atoms with Crippen LogP contribution in [0.5, 0.6) is 5.75 Å². The number of hydrogen-bond donors (Lipinski definition) is 0. The first-order chi connectivity index (χ1) is 20.4. The summed E-state index contributed by atoms with van der Waals surface area (Å²) in [7, 11) is 0. The molecule has 7 heteroatoms. The SMILES string of the molecule is CCCC1=C(C(=O)OCC)[C@H](c2ccc(C(C)C)cc2)n2c(s/c(=C\c3ccc(OCc4ccccc4)cc3)c2=O)=N1. The highest BCUT2D eigenvalue weighted by Gasteiger charge is 2.34. The van der Waals surface area contributed by atoms with E-state index >= 15 is 0 Å². The van der Waals surface area contributed by atoms with E-state index in [4.69, 9.17) is 14.5 Å². The average molecular weight is 581 g/mol. The normalized spacial score (nSPS) is 15.0. The van der Waals surface area contributed by atoms with Gasteiger partial charge in [-0.15, -0.1) is 0 Å². The number of allylic oxidation sites excluding steroid dienone is 1. The second-order valence-corrected chi connectivity index (χ2v) is 11.6. The molecule has 0 spiro atoms. The molecule has 0 N–H and O–H groups in total. The zero-order valence-corrected chi connectivity index (χ0v) is 25.3. The van der Waals surface area contributed by atoms with Gasteiger partial charge in [-0.25, -0.2) is 9.79 Å². The summed E-state index contributed by atoms with van der Waals surface area (Å²) in [6, 6.07) is 25.3. The number of esters is 1. The third-order valence-corrected chi connectivity index (χ3v) is 8.22. The van der Waals surface area contributed by atoms with Gasteiger partial charge < -0.3 is 9.47 Å². The lowest BCUT2D eigenvalue weighted by Crippen LogP contribution is -2.40. The maximum absolute atomic E-state index is 14.0. The van der Waals surface area contributed by atoms with Crippen LogP contribution in [-0.4, -0.2) is 17.1 Å². The quantitative estimate of drug-likeness (QED) is 0.207. The van der Waals surface area contributed by atoms with E-state index in [-0.39, 0.29) is 12.2 Å².